The molecule has 0 atom stereocenters. The normalized spacial score (nSPS) is 12.0. The van der Waals surface area contributed by atoms with Gasteiger partial charge in [0.25, 0.3) is 0 Å². The topological polar surface area (TPSA) is 21.3 Å². The number of hydroxylamine groups is 1. The highest BCUT2D eigenvalue weighted by molar-refractivity contribution is 4.27. The molecule has 7 heavy (non-hydrogen) atoms. The highest BCUT2D eigenvalue weighted by Crippen LogP contribution is 2.07. The van der Waals surface area contributed by atoms with E-state index < -0.39 is 6.30 Å². The van der Waals surface area contributed by atoms with Crippen LogP contribution in [-0.2, 0) is 4.84 Å². The standard InChI is InChI=1S/C2H4F3NO/c1-7-6-2(3,4)5/h6H,1H3. The molecule has 0 spiro atoms. The van der Waals surface area contributed by atoms with Crippen molar-refractivity contribution in [2.75, 3.05) is 7.11 Å². The molecule has 0 heterocycles. The van der Waals surface area contributed by atoms with Crippen molar-refractivity contribution in [1.82, 2.24) is 5.48 Å². The van der Waals surface area contributed by atoms with Crippen LogP contribution < -0.4 is 5.48 Å². The zero-order valence-electron chi connectivity index (χ0n) is 3.54. The van der Waals surface area contributed by atoms with E-state index in [1.807, 2.05) is 0 Å². The molecule has 0 aliphatic carbocycles. The Balaban J connectivity index is 3.15. The lowest BCUT2D eigenvalue weighted by molar-refractivity contribution is -0.230. The van der Waals surface area contributed by atoms with Crippen LogP contribution in [0.4, 0.5) is 13.2 Å². The summed E-state index contributed by atoms with van der Waals surface area (Å²) in [5.41, 5.74) is 0.785. The molecular formula is C2H4F3NO. The summed E-state index contributed by atoms with van der Waals surface area (Å²) in [5, 5.41) is 0. The summed E-state index contributed by atoms with van der Waals surface area (Å²) in [4.78, 5) is 3.53. The minimum absolute atomic E-state index is 0.785. The Labute approximate surface area is 38.2 Å². The molecule has 0 aromatic heterocycles. The molecule has 0 bridgehead atoms. The predicted molar refractivity (Wildman–Crippen MR) is 16.2 cm³/mol. The molecule has 0 amide bonds. The number of nitrogens with one attached hydrogen (secondary N) is 1. The van der Waals surface area contributed by atoms with E-state index in [0.29, 0.717) is 0 Å². The van der Waals surface area contributed by atoms with Crippen LogP contribution in [0.3, 0.4) is 0 Å². The van der Waals surface area contributed by atoms with E-state index in [2.05, 4.69) is 4.84 Å². The molecule has 0 aliphatic rings. The maximum absolute atomic E-state index is 10.8. The molecule has 2 nitrogen and oxygen atoms in total. The van der Waals surface area contributed by atoms with Gasteiger partial charge in [0.2, 0.25) is 0 Å². The Morgan fingerprint density at radius 2 is 1.86 bits per heavy atom. The molecule has 0 rings (SSSR count). The Hall–Kier alpha value is -0.290. The molecule has 0 aliphatic heterocycles. The van der Waals surface area contributed by atoms with E-state index in [-0.39, 0.29) is 0 Å². The lowest BCUT2D eigenvalue weighted by Crippen LogP contribution is -2.29. The summed E-state index contributed by atoms with van der Waals surface area (Å²) in [6.07, 6.45) is -4.42. The summed E-state index contributed by atoms with van der Waals surface area (Å²) in [6.45, 7) is 0. The summed E-state index contributed by atoms with van der Waals surface area (Å²) in [7, 11) is 0.896. The van der Waals surface area contributed by atoms with E-state index >= 15 is 0 Å². The van der Waals surface area contributed by atoms with Gasteiger partial charge in [-0.25, -0.2) is 0 Å². The average molecular weight is 115 g/mol. The third kappa shape index (κ3) is 5.71. The highest BCUT2D eigenvalue weighted by Gasteiger charge is 2.26. The van der Waals surface area contributed by atoms with Crippen molar-refractivity contribution in [3.8, 4) is 0 Å². The zero-order chi connectivity index (χ0) is 5.91. The minimum Gasteiger partial charge on any atom is -0.297 e. The first-order chi connectivity index (χ1) is 3.06. The van der Waals surface area contributed by atoms with Gasteiger partial charge in [0, 0.05) is 0 Å². The van der Waals surface area contributed by atoms with E-state index in [1.54, 1.807) is 0 Å². The lowest BCUT2D eigenvalue weighted by Gasteiger charge is -2.02. The minimum atomic E-state index is -4.42. The Morgan fingerprint density at radius 3 is 1.86 bits per heavy atom. The van der Waals surface area contributed by atoms with Gasteiger partial charge in [0.15, 0.2) is 0 Å². The zero-order valence-corrected chi connectivity index (χ0v) is 3.54. The fraction of sp³-hybridized carbons (Fsp3) is 1.00. The molecule has 0 saturated carbocycles. The summed E-state index contributed by atoms with van der Waals surface area (Å²) >= 11 is 0. The molecule has 0 radical (unpaired) electrons. The second kappa shape index (κ2) is 2.13. The lowest BCUT2D eigenvalue weighted by atomic mass is 11.2. The van der Waals surface area contributed by atoms with Crippen LogP contribution in [0.5, 0.6) is 0 Å². The molecular weight excluding hydrogens is 111 g/mol. The van der Waals surface area contributed by atoms with Crippen LogP contribution in [0.1, 0.15) is 0 Å². The first-order valence-electron chi connectivity index (χ1n) is 1.43. The Morgan fingerprint density at radius 1 is 1.43 bits per heavy atom. The third-order valence-electron chi connectivity index (χ3n) is 0.218. The maximum atomic E-state index is 10.8. The molecule has 1 N–H and O–H groups in total. The van der Waals surface area contributed by atoms with Gasteiger partial charge >= 0.3 is 6.30 Å². The van der Waals surface area contributed by atoms with Crippen molar-refractivity contribution in [2.24, 2.45) is 0 Å². The van der Waals surface area contributed by atoms with E-state index in [9.17, 15) is 13.2 Å². The van der Waals surface area contributed by atoms with Crippen LogP contribution in [0.2, 0.25) is 0 Å². The average Bonchev–Trinajstić information content (AvgIpc) is 1.30. The maximum Gasteiger partial charge on any atom is 0.480 e. The Bertz CT molecular complexity index is 51.4. The second-order valence-electron chi connectivity index (χ2n) is 0.804. The van der Waals surface area contributed by atoms with E-state index in [1.165, 1.54) is 0 Å². The Kier molecular flexibility index (Phi) is 2.04. The van der Waals surface area contributed by atoms with Crippen molar-refractivity contribution < 1.29 is 18.0 Å². The van der Waals surface area contributed by atoms with Gasteiger partial charge in [-0.1, -0.05) is 0 Å². The fourth-order valence-electron chi connectivity index (χ4n) is 0.116. The molecule has 0 unspecified atom stereocenters. The summed E-state index contributed by atoms with van der Waals surface area (Å²) < 4.78 is 32.5. The molecule has 5 heteroatoms. The molecule has 0 saturated heterocycles. The van der Waals surface area contributed by atoms with Crippen molar-refractivity contribution in [1.29, 1.82) is 0 Å². The van der Waals surface area contributed by atoms with Gasteiger partial charge < -0.3 is 0 Å². The van der Waals surface area contributed by atoms with Gasteiger partial charge in [-0.2, -0.15) is 13.2 Å². The van der Waals surface area contributed by atoms with Crippen molar-refractivity contribution >= 4 is 0 Å². The molecule has 0 aromatic carbocycles. The van der Waals surface area contributed by atoms with Crippen LogP contribution in [0.15, 0.2) is 0 Å². The first-order valence-corrected chi connectivity index (χ1v) is 1.43. The van der Waals surface area contributed by atoms with Crippen molar-refractivity contribution in [2.45, 2.75) is 6.30 Å². The summed E-state index contributed by atoms with van der Waals surface area (Å²) in [6, 6.07) is 0. The van der Waals surface area contributed by atoms with Gasteiger partial charge in [0.05, 0.1) is 7.11 Å². The first kappa shape index (κ1) is 6.71. The van der Waals surface area contributed by atoms with Gasteiger partial charge in [-0.15, -0.1) is 5.48 Å². The summed E-state index contributed by atoms with van der Waals surface area (Å²) in [5.74, 6) is 0. The molecule has 0 fully saturated rings. The van der Waals surface area contributed by atoms with Crippen LogP contribution in [0.25, 0.3) is 0 Å². The van der Waals surface area contributed by atoms with Crippen molar-refractivity contribution in [3.63, 3.8) is 0 Å². The van der Waals surface area contributed by atoms with Crippen molar-refractivity contribution in [3.05, 3.63) is 0 Å². The van der Waals surface area contributed by atoms with Crippen LogP contribution in [0, 0.1) is 0 Å². The van der Waals surface area contributed by atoms with Gasteiger partial charge in [-0.3, -0.25) is 4.84 Å². The molecule has 0 aromatic rings. The number of rotatable bonds is 1. The highest BCUT2D eigenvalue weighted by atomic mass is 19.4. The van der Waals surface area contributed by atoms with Crippen LogP contribution in [-0.4, -0.2) is 13.4 Å². The fourth-order valence-corrected chi connectivity index (χ4v) is 0.116. The third-order valence-corrected chi connectivity index (χ3v) is 0.218. The predicted octanol–water partition coefficient (Wildman–Crippen LogP) is 0.657. The van der Waals surface area contributed by atoms with E-state index in [4.69, 9.17) is 0 Å². The van der Waals surface area contributed by atoms with Gasteiger partial charge in [-0.05, 0) is 0 Å². The van der Waals surface area contributed by atoms with E-state index in [0.717, 1.165) is 12.6 Å². The smallest absolute Gasteiger partial charge is 0.297 e. The largest absolute Gasteiger partial charge is 0.480 e. The van der Waals surface area contributed by atoms with Gasteiger partial charge in [0.1, 0.15) is 0 Å². The number of alkyl halides is 3. The number of hydrogen-bond acceptors (Lipinski definition) is 2. The SMILES string of the molecule is CONC(F)(F)F. The number of hydrogen-bond donors (Lipinski definition) is 1. The van der Waals surface area contributed by atoms with Crippen LogP contribution >= 0.6 is 0 Å². The second-order valence-corrected chi connectivity index (χ2v) is 0.804. The quantitative estimate of drug-likeness (QED) is 0.400. The number of halogens is 3. The molecule has 44 valence electrons. The monoisotopic (exact) mass is 115 g/mol.